The van der Waals surface area contributed by atoms with E-state index in [1.54, 1.807) is 0 Å². The number of ketones is 1. The van der Waals surface area contributed by atoms with Crippen LogP contribution in [0.15, 0.2) is 0 Å². The Morgan fingerprint density at radius 1 is 1.21 bits per heavy atom. The van der Waals surface area contributed by atoms with E-state index in [4.69, 9.17) is 4.74 Å². The number of halogens is 1. The van der Waals surface area contributed by atoms with E-state index in [9.17, 15) is 9.59 Å². The molecule has 19 heavy (non-hydrogen) atoms. The Labute approximate surface area is 123 Å². The topological polar surface area (TPSA) is 55.4 Å². The van der Waals surface area contributed by atoms with Gasteiger partial charge in [0.15, 0.2) is 0 Å². The molecule has 1 rings (SSSR count). The zero-order valence-corrected chi connectivity index (χ0v) is 13.7. The van der Waals surface area contributed by atoms with Crippen LogP contribution in [-0.4, -0.2) is 28.3 Å². The largest absolute Gasteiger partial charge is 0.444 e. The van der Waals surface area contributed by atoms with E-state index >= 15 is 0 Å². The number of hydrogen-bond donors (Lipinski definition) is 1. The van der Waals surface area contributed by atoms with Gasteiger partial charge < -0.3 is 10.1 Å². The molecule has 1 unspecified atom stereocenters. The summed E-state index contributed by atoms with van der Waals surface area (Å²) in [7, 11) is 0. The van der Waals surface area contributed by atoms with Gasteiger partial charge in [-0.25, -0.2) is 4.79 Å². The van der Waals surface area contributed by atoms with Crippen LogP contribution in [0.25, 0.3) is 0 Å². The van der Waals surface area contributed by atoms with E-state index < -0.39 is 5.60 Å². The van der Waals surface area contributed by atoms with Crippen molar-refractivity contribution < 1.29 is 14.3 Å². The van der Waals surface area contributed by atoms with Crippen molar-refractivity contribution in [1.82, 2.24) is 5.32 Å². The summed E-state index contributed by atoms with van der Waals surface area (Å²) in [5.74, 6) is 0.404. The van der Waals surface area contributed by atoms with Gasteiger partial charge in [-0.2, -0.15) is 0 Å². The summed E-state index contributed by atoms with van der Waals surface area (Å²) >= 11 is 3.32. The highest BCUT2D eigenvalue weighted by molar-refractivity contribution is 9.10. The molecule has 4 nitrogen and oxygen atoms in total. The third kappa shape index (κ3) is 5.93. The van der Waals surface area contributed by atoms with Gasteiger partial charge in [0, 0.05) is 12.0 Å². The lowest BCUT2D eigenvalue weighted by atomic mass is 9.83. The van der Waals surface area contributed by atoms with Crippen LogP contribution < -0.4 is 5.32 Å². The molecule has 0 spiro atoms. The monoisotopic (exact) mass is 333 g/mol. The molecule has 0 aliphatic heterocycles. The summed E-state index contributed by atoms with van der Waals surface area (Å²) in [6.45, 7) is 7.41. The number of nitrogens with one attached hydrogen (secondary N) is 1. The first kappa shape index (κ1) is 16.5. The maximum atomic E-state index is 11.9. The molecular weight excluding hydrogens is 310 g/mol. The van der Waals surface area contributed by atoms with Gasteiger partial charge in [-0.05, 0) is 53.4 Å². The van der Waals surface area contributed by atoms with Crippen molar-refractivity contribution in [3.05, 3.63) is 0 Å². The van der Waals surface area contributed by atoms with Crippen molar-refractivity contribution >= 4 is 27.8 Å². The molecule has 1 amide bonds. The van der Waals surface area contributed by atoms with E-state index in [2.05, 4.69) is 21.2 Å². The lowest BCUT2D eigenvalue weighted by molar-refractivity contribution is -0.122. The van der Waals surface area contributed by atoms with Crippen LogP contribution in [0.1, 0.15) is 53.4 Å². The summed E-state index contributed by atoms with van der Waals surface area (Å²) in [5.41, 5.74) is -0.470. The van der Waals surface area contributed by atoms with E-state index in [-0.39, 0.29) is 28.7 Å². The van der Waals surface area contributed by atoms with E-state index in [1.807, 2.05) is 27.7 Å². The predicted molar refractivity (Wildman–Crippen MR) is 78.5 cm³/mol. The highest BCUT2D eigenvalue weighted by Crippen LogP contribution is 2.27. The molecule has 1 saturated carbocycles. The summed E-state index contributed by atoms with van der Waals surface area (Å²) in [5, 5.41) is 2.88. The number of alkyl halides is 1. The Morgan fingerprint density at radius 3 is 2.16 bits per heavy atom. The Hall–Kier alpha value is -0.580. The fourth-order valence-corrected chi connectivity index (χ4v) is 2.70. The lowest BCUT2D eigenvalue weighted by Gasteiger charge is -2.29. The van der Waals surface area contributed by atoms with Crippen LogP contribution in [0, 0.1) is 5.92 Å². The molecule has 0 bridgehead atoms. The first-order valence-electron chi connectivity index (χ1n) is 6.86. The molecule has 0 radical (unpaired) electrons. The molecule has 0 aromatic heterocycles. The molecule has 0 heterocycles. The molecular formula is C14H24BrNO3. The molecule has 1 atom stereocenters. The number of rotatable bonds is 3. The van der Waals surface area contributed by atoms with Crippen LogP contribution in [0.5, 0.6) is 0 Å². The second kappa shape index (κ2) is 6.73. The maximum absolute atomic E-state index is 11.9. The number of alkyl carbamates (subject to hydrolysis) is 1. The van der Waals surface area contributed by atoms with Crippen LogP contribution in [0.3, 0.4) is 0 Å². The molecule has 1 fully saturated rings. The zero-order valence-electron chi connectivity index (χ0n) is 12.2. The van der Waals surface area contributed by atoms with Crippen molar-refractivity contribution in [2.75, 3.05) is 0 Å². The predicted octanol–water partition coefficient (Wildman–Crippen LogP) is 3.42. The Bertz CT molecular complexity index is 328. The summed E-state index contributed by atoms with van der Waals surface area (Å²) < 4.78 is 5.23. The number of Topliss-reactive ketones (excluding diaryl/α,β-unsaturated/α-hetero) is 1. The fraction of sp³-hybridized carbons (Fsp3) is 0.857. The van der Waals surface area contributed by atoms with Crippen LogP contribution in [0.2, 0.25) is 0 Å². The molecule has 0 saturated heterocycles. The molecule has 0 aromatic rings. The molecule has 1 aliphatic carbocycles. The quantitative estimate of drug-likeness (QED) is 0.805. The zero-order chi connectivity index (χ0) is 14.6. The summed E-state index contributed by atoms with van der Waals surface area (Å²) in [4.78, 5) is 23.4. The highest BCUT2D eigenvalue weighted by atomic mass is 79.9. The van der Waals surface area contributed by atoms with Crippen molar-refractivity contribution in [2.45, 2.75) is 69.8 Å². The molecule has 1 aliphatic rings. The minimum atomic E-state index is -0.470. The van der Waals surface area contributed by atoms with Crippen molar-refractivity contribution in [3.8, 4) is 0 Å². The van der Waals surface area contributed by atoms with Crippen LogP contribution in [-0.2, 0) is 9.53 Å². The second-order valence-electron chi connectivity index (χ2n) is 6.21. The minimum absolute atomic E-state index is 0.0761. The third-order valence-electron chi connectivity index (χ3n) is 3.24. The fourth-order valence-electron chi connectivity index (χ4n) is 2.32. The van der Waals surface area contributed by atoms with Gasteiger partial charge in [0.25, 0.3) is 0 Å². The van der Waals surface area contributed by atoms with Gasteiger partial charge >= 0.3 is 6.09 Å². The van der Waals surface area contributed by atoms with E-state index in [0.29, 0.717) is 0 Å². The smallest absolute Gasteiger partial charge is 0.407 e. The first-order chi connectivity index (χ1) is 8.69. The number of amides is 1. The minimum Gasteiger partial charge on any atom is -0.444 e. The highest BCUT2D eigenvalue weighted by Gasteiger charge is 2.29. The number of hydrogen-bond acceptors (Lipinski definition) is 3. The van der Waals surface area contributed by atoms with Crippen molar-refractivity contribution in [3.63, 3.8) is 0 Å². The summed E-state index contributed by atoms with van der Waals surface area (Å²) in [6, 6.07) is 0.129. The van der Waals surface area contributed by atoms with Crippen LogP contribution >= 0.6 is 15.9 Å². The molecule has 1 N–H and O–H groups in total. The lowest BCUT2D eigenvalue weighted by Crippen LogP contribution is -2.42. The second-order valence-corrected chi connectivity index (χ2v) is 7.59. The first-order valence-corrected chi connectivity index (χ1v) is 7.78. The maximum Gasteiger partial charge on any atom is 0.407 e. The third-order valence-corrected chi connectivity index (χ3v) is 3.69. The number of carbonyl (C=O) groups is 2. The van der Waals surface area contributed by atoms with Crippen LogP contribution in [0.4, 0.5) is 4.79 Å². The Morgan fingerprint density at radius 2 is 1.74 bits per heavy atom. The number of carbonyl (C=O) groups excluding carboxylic acids is 2. The van der Waals surface area contributed by atoms with E-state index in [0.717, 1.165) is 25.7 Å². The standard InChI is InChI=1S/C14H24BrNO3/c1-9(15)12(17)10-5-7-11(8-6-10)16-13(18)19-14(2,3)4/h9-11H,5-8H2,1-4H3,(H,16,18). The normalized spacial score (nSPS) is 25.5. The summed E-state index contributed by atoms with van der Waals surface area (Å²) in [6.07, 6.45) is 3.01. The average Bonchev–Trinajstić information content (AvgIpc) is 2.26. The van der Waals surface area contributed by atoms with Gasteiger partial charge in [-0.3, -0.25) is 4.79 Å². The Balaban J connectivity index is 2.34. The SMILES string of the molecule is CC(Br)C(=O)C1CCC(NC(=O)OC(C)(C)C)CC1. The van der Waals surface area contributed by atoms with Gasteiger partial charge in [-0.15, -0.1) is 0 Å². The van der Waals surface area contributed by atoms with Gasteiger partial charge in [0.1, 0.15) is 11.4 Å². The van der Waals surface area contributed by atoms with Gasteiger partial charge in [-0.1, -0.05) is 15.9 Å². The molecule has 0 aromatic carbocycles. The van der Waals surface area contributed by atoms with E-state index in [1.165, 1.54) is 0 Å². The molecule has 5 heteroatoms. The Kier molecular flexibility index (Phi) is 5.83. The van der Waals surface area contributed by atoms with Gasteiger partial charge in [0.2, 0.25) is 0 Å². The van der Waals surface area contributed by atoms with Crippen molar-refractivity contribution in [1.29, 1.82) is 0 Å². The average molecular weight is 334 g/mol. The number of ether oxygens (including phenoxy) is 1. The van der Waals surface area contributed by atoms with Gasteiger partial charge in [0.05, 0.1) is 4.83 Å². The molecule has 110 valence electrons. The van der Waals surface area contributed by atoms with Crippen molar-refractivity contribution in [2.24, 2.45) is 5.92 Å².